The number of esters is 1. The van der Waals surface area contributed by atoms with Crippen LogP contribution in [-0.4, -0.2) is 37.4 Å². The lowest BCUT2D eigenvalue weighted by Crippen LogP contribution is -2.08. The number of benzene rings is 2. The lowest BCUT2D eigenvalue weighted by Gasteiger charge is -2.06. The monoisotopic (exact) mass is 436 g/mol. The largest absolute Gasteiger partial charge is 0.493 e. The Morgan fingerprint density at radius 2 is 1.97 bits per heavy atom. The van der Waals surface area contributed by atoms with Gasteiger partial charge in [0.25, 0.3) is 5.89 Å². The summed E-state index contributed by atoms with van der Waals surface area (Å²) in [6.45, 7) is 2.04. The van der Waals surface area contributed by atoms with Crippen LogP contribution in [0.5, 0.6) is 5.75 Å². The summed E-state index contributed by atoms with van der Waals surface area (Å²) in [7, 11) is -3.50. The third-order valence-corrected chi connectivity index (χ3v) is 5.25. The molecule has 10 heteroatoms. The Balaban J connectivity index is 1.75. The van der Waals surface area contributed by atoms with Crippen LogP contribution < -0.4 is 4.74 Å². The van der Waals surface area contributed by atoms with Gasteiger partial charge in [-0.25, -0.2) is 13.2 Å². The van der Waals surface area contributed by atoms with Crippen molar-refractivity contribution in [3.63, 3.8) is 0 Å². The zero-order valence-corrected chi connectivity index (χ0v) is 17.2. The molecule has 1 aromatic heterocycles. The van der Waals surface area contributed by atoms with E-state index in [0.717, 1.165) is 12.3 Å². The summed E-state index contributed by atoms with van der Waals surface area (Å²) in [5, 5.41) is 3.95. The maximum Gasteiger partial charge on any atom is 0.340 e. The average Bonchev–Trinajstić information content (AvgIpc) is 3.15. The van der Waals surface area contributed by atoms with E-state index in [0.29, 0.717) is 17.9 Å². The normalized spacial score (nSPS) is 11.3. The van der Waals surface area contributed by atoms with Gasteiger partial charge >= 0.3 is 5.97 Å². The quantitative estimate of drug-likeness (QED) is 0.517. The first-order valence-electron chi connectivity index (χ1n) is 8.51. The zero-order chi connectivity index (χ0) is 21.0. The molecule has 1 heterocycles. The molecule has 0 radical (unpaired) electrons. The van der Waals surface area contributed by atoms with Gasteiger partial charge in [-0.15, -0.1) is 0 Å². The van der Waals surface area contributed by atoms with Crippen molar-refractivity contribution in [1.29, 1.82) is 0 Å². The molecule has 0 aliphatic rings. The first kappa shape index (κ1) is 20.8. The van der Waals surface area contributed by atoms with Crippen molar-refractivity contribution in [2.45, 2.75) is 18.4 Å². The topological polar surface area (TPSA) is 109 Å². The van der Waals surface area contributed by atoms with Crippen molar-refractivity contribution >= 4 is 27.4 Å². The van der Waals surface area contributed by atoms with Crippen molar-refractivity contribution in [1.82, 2.24) is 10.1 Å². The Bertz CT molecular complexity index is 1140. The number of halogens is 1. The number of hydrogen-bond donors (Lipinski definition) is 0. The van der Waals surface area contributed by atoms with Gasteiger partial charge in [0.2, 0.25) is 5.82 Å². The number of sulfone groups is 1. The molecule has 152 valence electrons. The minimum Gasteiger partial charge on any atom is -0.493 e. The number of rotatable bonds is 7. The van der Waals surface area contributed by atoms with Crippen molar-refractivity contribution in [3.05, 3.63) is 58.9 Å². The highest BCUT2D eigenvalue weighted by atomic mass is 35.5. The maximum atomic E-state index is 12.3. The van der Waals surface area contributed by atoms with Gasteiger partial charge < -0.3 is 14.0 Å². The number of para-hydroxylation sites is 1. The first-order valence-corrected chi connectivity index (χ1v) is 10.8. The Kier molecular flexibility index (Phi) is 6.19. The smallest absolute Gasteiger partial charge is 0.340 e. The van der Waals surface area contributed by atoms with Crippen LogP contribution in [0.15, 0.2) is 51.9 Å². The third kappa shape index (κ3) is 4.93. The molecule has 0 atom stereocenters. The van der Waals surface area contributed by atoms with E-state index in [9.17, 15) is 13.2 Å². The lowest BCUT2D eigenvalue weighted by molar-refractivity contribution is 0.0429. The van der Waals surface area contributed by atoms with Crippen LogP contribution in [0.3, 0.4) is 0 Å². The molecular weight excluding hydrogens is 420 g/mol. The lowest BCUT2D eigenvalue weighted by atomic mass is 10.2. The molecule has 8 nitrogen and oxygen atoms in total. The fourth-order valence-corrected chi connectivity index (χ4v) is 3.29. The van der Waals surface area contributed by atoms with E-state index in [4.69, 9.17) is 25.6 Å². The van der Waals surface area contributed by atoms with Crippen LogP contribution in [0.2, 0.25) is 5.02 Å². The van der Waals surface area contributed by atoms with Crippen LogP contribution in [-0.2, 0) is 21.2 Å². The van der Waals surface area contributed by atoms with Gasteiger partial charge in [-0.05, 0) is 37.3 Å². The predicted octanol–water partition coefficient (Wildman–Crippen LogP) is 3.55. The minimum atomic E-state index is -3.50. The van der Waals surface area contributed by atoms with Crippen LogP contribution in [0.25, 0.3) is 11.4 Å². The number of nitrogens with zero attached hydrogens (tertiary/aromatic N) is 2. The molecule has 0 saturated heterocycles. The van der Waals surface area contributed by atoms with E-state index >= 15 is 0 Å². The number of aromatic nitrogens is 2. The highest BCUT2D eigenvalue weighted by Gasteiger charge is 2.19. The molecule has 0 aliphatic heterocycles. The highest BCUT2D eigenvalue weighted by Crippen LogP contribution is 2.28. The van der Waals surface area contributed by atoms with Crippen LogP contribution in [0.1, 0.15) is 23.2 Å². The van der Waals surface area contributed by atoms with E-state index in [-0.39, 0.29) is 33.8 Å². The second-order valence-corrected chi connectivity index (χ2v) is 8.35. The van der Waals surface area contributed by atoms with E-state index in [1.807, 2.05) is 19.1 Å². The zero-order valence-electron chi connectivity index (χ0n) is 15.6. The Morgan fingerprint density at radius 1 is 1.21 bits per heavy atom. The maximum absolute atomic E-state index is 12.3. The number of hydrogen-bond acceptors (Lipinski definition) is 8. The summed E-state index contributed by atoms with van der Waals surface area (Å²) in [5.41, 5.74) is 0.565. The second kappa shape index (κ2) is 8.62. The molecule has 0 amide bonds. The SMILES string of the molecule is CCOc1ccccc1-c1noc(COC(=O)c2cc(S(C)(=O)=O)ccc2Cl)n1. The second-order valence-electron chi connectivity index (χ2n) is 5.93. The fraction of sp³-hybridized carbons (Fsp3) is 0.211. The molecule has 0 unspecified atom stereocenters. The number of carbonyl (C=O) groups excluding carboxylic acids is 1. The van der Waals surface area contributed by atoms with E-state index in [2.05, 4.69) is 10.1 Å². The molecule has 0 saturated carbocycles. The van der Waals surface area contributed by atoms with Crippen molar-refractivity contribution in [2.75, 3.05) is 12.9 Å². The summed E-state index contributed by atoms with van der Waals surface area (Å²) < 4.78 is 39.1. The van der Waals surface area contributed by atoms with Gasteiger partial charge in [-0.1, -0.05) is 28.9 Å². The van der Waals surface area contributed by atoms with Crippen LogP contribution in [0, 0.1) is 0 Å². The third-order valence-electron chi connectivity index (χ3n) is 3.81. The summed E-state index contributed by atoms with van der Waals surface area (Å²) >= 11 is 5.99. The van der Waals surface area contributed by atoms with Gasteiger partial charge in [-0.2, -0.15) is 4.98 Å². The molecule has 3 rings (SSSR count). The highest BCUT2D eigenvalue weighted by molar-refractivity contribution is 7.90. The molecule has 2 aromatic carbocycles. The van der Waals surface area contributed by atoms with E-state index in [1.165, 1.54) is 12.1 Å². The number of carbonyl (C=O) groups is 1. The van der Waals surface area contributed by atoms with Gasteiger partial charge in [0, 0.05) is 6.26 Å². The van der Waals surface area contributed by atoms with Crippen LogP contribution in [0.4, 0.5) is 0 Å². The Hall–Kier alpha value is -2.91. The Morgan fingerprint density at radius 3 is 2.69 bits per heavy atom. The van der Waals surface area contributed by atoms with Gasteiger partial charge in [0.15, 0.2) is 16.4 Å². The summed E-state index contributed by atoms with van der Waals surface area (Å²) in [5.74, 6) is 0.144. The van der Waals surface area contributed by atoms with E-state index < -0.39 is 15.8 Å². The first-order chi connectivity index (χ1) is 13.8. The van der Waals surface area contributed by atoms with Gasteiger partial charge in [0.05, 0.1) is 27.7 Å². The number of ether oxygens (including phenoxy) is 2. The summed E-state index contributed by atoms with van der Waals surface area (Å²) in [6.07, 6.45) is 1.03. The molecule has 3 aromatic rings. The summed E-state index contributed by atoms with van der Waals surface area (Å²) in [6, 6.07) is 11.0. The minimum absolute atomic E-state index is 0.0403. The predicted molar refractivity (Wildman–Crippen MR) is 105 cm³/mol. The molecule has 0 aliphatic carbocycles. The molecular formula is C19H17ClN2O6S. The van der Waals surface area contributed by atoms with Crippen LogP contribution >= 0.6 is 11.6 Å². The summed E-state index contributed by atoms with van der Waals surface area (Å²) in [4.78, 5) is 16.5. The average molecular weight is 437 g/mol. The molecule has 0 spiro atoms. The van der Waals surface area contributed by atoms with Crippen molar-refractivity contribution in [2.24, 2.45) is 0 Å². The standard InChI is InChI=1S/C19H17ClN2O6S/c1-3-26-16-7-5-4-6-13(16)18-21-17(28-22-18)11-27-19(23)14-10-12(29(2,24)25)8-9-15(14)20/h4-10H,3,11H2,1-2H3. The van der Waals surface area contributed by atoms with Gasteiger partial charge in [0.1, 0.15) is 5.75 Å². The molecule has 29 heavy (non-hydrogen) atoms. The van der Waals surface area contributed by atoms with Gasteiger partial charge in [-0.3, -0.25) is 0 Å². The molecule has 0 fully saturated rings. The van der Waals surface area contributed by atoms with E-state index in [1.54, 1.807) is 12.1 Å². The van der Waals surface area contributed by atoms with Crippen molar-refractivity contribution < 1.29 is 27.2 Å². The molecule has 0 N–H and O–H groups in total. The molecule has 0 bridgehead atoms. The fourth-order valence-electron chi connectivity index (χ4n) is 2.45. The Labute approximate surface area is 172 Å². The van der Waals surface area contributed by atoms with Crippen molar-refractivity contribution in [3.8, 4) is 17.1 Å².